The van der Waals surface area contributed by atoms with Crippen LogP contribution >= 0.6 is 0 Å². The zero-order chi connectivity index (χ0) is 16.5. The molecule has 3 N–H and O–H groups in total. The van der Waals surface area contributed by atoms with Gasteiger partial charge in [-0.15, -0.1) is 0 Å². The summed E-state index contributed by atoms with van der Waals surface area (Å²) in [5.74, 6) is 1.01. The molecule has 0 saturated carbocycles. The van der Waals surface area contributed by atoms with E-state index in [9.17, 15) is 0 Å². The summed E-state index contributed by atoms with van der Waals surface area (Å²) in [6, 6.07) is 14.7. The second-order valence-electron chi connectivity index (χ2n) is 6.51. The number of quaternary nitrogens is 2. The Bertz CT molecular complexity index is 606. The van der Waals surface area contributed by atoms with Crippen molar-refractivity contribution in [2.75, 3.05) is 52.5 Å². The van der Waals surface area contributed by atoms with Crippen LogP contribution in [0.25, 0.3) is 10.8 Å². The first-order chi connectivity index (χ1) is 11.9. The molecular weight excluding hydrogens is 300 g/mol. The largest absolute Gasteiger partial charge is 0.493 e. The highest BCUT2D eigenvalue weighted by Gasteiger charge is 2.13. The standard InChI is InChI=1S/C20H28N2O2/c1-2-8-19-18(6-1)7-5-9-20(19)24-15-4-3-10-21-11-12-22-13-16-23-17-14-22/h1-2,5-9,21H,3-4,10-17H2/p+2. The topological polar surface area (TPSA) is 39.5 Å². The number of morpholine rings is 1. The van der Waals surface area contributed by atoms with Crippen LogP contribution in [0.15, 0.2) is 42.5 Å². The number of benzene rings is 2. The molecular formula is C20H30N2O2+2. The molecule has 2 aromatic carbocycles. The average molecular weight is 330 g/mol. The molecule has 0 atom stereocenters. The first-order valence-corrected chi connectivity index (χ1v) is 9.27. The number of hydrogen-bond acceptors (Lipinski definition) is 2. The lowest BCUT2D eigenvalue weighted by molar-refractivity contribution is -0.919. The lowest BCUT2D eigenvalue weighted by Gasteiger charge is -2.22. The summed E-state index contributed by atoms with van der Waals surface area (Å²) in [5, 5.41) is 4.90. The summed E-state index contributed by atoms with van der Waals surface area (Å²) in [6.07, 6.45) is 2.33. The summed E-state index contributed by atoms with van der Waals surface area (Å²) < 4.78 is 11.4. The molecule has 0 aromatic heterocycles. The molecule has 1 aliphatic heterocycles. The van der Waals surface area contributed by atoms with Crippen LogP contribution in [0.4, 0.5) is 0 Å². The monoisotopic (exact) mass is 330 g/mol. The Morgan fingerprint density at radius 3 is 2.71 bits per heavy atom. The molecule has 3 rings (SSSR count). The summed E-state index contributed by atoms with van der Waals surface area (Å²) in [4.78, 5) is 1.69. The molecule has 0 radical (unpaired) electrons. The highest BCUT2D eigenvalue weighted by Crippen LogP contribution is 2.25. The molecule has 0 unspecified atom stereocenters. The van der Waals surface area contributed by atoms with E-state index >= 15 is 0 Å². The summed E-state index contributed by atoms with van der Waals surface area (Å²) in [5.41, 5.74) is 0. The van der Waals surface area contributed by atoms with Crippen LogP contribution in [-0.2, 0) is 4.74 Å². The van der Waals surface area contributed by atoms with Crippen molar-refractivity contribution in [1.29, 1.82) is 0 Å². The van der Waals surface area contributed by atoms with Crippen molar-refractivity contribution in [3.05, 3.63) is 42.5 Å². The minimum absolute atomic E-state index is 0.802. The van der Waals surface area contributed by atoms with Crippen molar-refractivity contribution in [2.45, 2.75) is 12.8 Å². The molecule has 0 amide bonds. The minimum atomic E-state index is 0.802. The summed E-state index contributed by atoms with van der Waals surface area (Å²) >= 11 is 0. The third-order valence-corrected chi connectivity index (χ3v) is 4.71. The van der Waals surface area contributed by atoms with Gasteiger partial charge in [-0.3, -0.25) is 0 Å². The second-order valence-corrected chi connectivity index (χ2v) is 6.51. The quantitative estimate of drug-likeness (QED) is 0.657. The first kappa shape index (κ1) is 17.2. The summed E-state index contributed by atoms with van der Waals surface area (Å²) in [7, 11) is 0. The number of fused-ring (bicyclic) bond motifs is 1. The van der Waals surface area contributed by atoms with Crippen molar-refractivity contribution in [3.8, 4) is 5.75 Å². The van der Waals surface area contributed by atoms with Gasteiger partial charge in [-0.2, -0.15) is 0 Å². The fourth-order valence-corrected chi connectivity index (χ4v) is 3.26. The van der Waals surface area contributed by atoms with E-state index < -0.39 is 0 Å². The minimum Gasteiger partial charge on any atom is -0.493 e. The molecule has 1 saturated heterocycles. The van der Waals surface area contributed by atoms with Crippen molar-refractivity contribution < 1.29 is 19.7 Å². The molecule has 2 aromatic rings. The number of hydrogen-bond donors (Lipinski definition) is 2. The van der Waals surface area contributed by atoms with E-state index in [4.69, 9.17) is 9.47 Å². The Labute approximate surface area is 144 Å². The van der Waals surface area contributed by atoms with Gasteiger partial charge in [-0.25, -0.2) is 0 Å². The van der Waals surface area contributed by atoms with Gasteiger partial charge in [0.25, 0.3) is 0 Å². The van der Waals surface area contributed by atoms with Gasteiger partial charge < -0.3 is 19.7 Å². The predicted molar refractivity (Wildman–Crippen MR) is 96.7 cm³/mol. The highest BCUT2D eigenvalue weighted by atomic mass is 16.5. The van der Waals surface area contributed by atoms with E-state index in [1.165, 1.54) is 49.9 Å². The zero-order valence-corrected chi connectivity index (χ0v) is 14.5. The molecule has 1 aliphatic rings. The molecule has 0 bridgehead atoms. The van der Waals surface area contributed by atoms with E-state index in [1.807, 2.05) is 0 Å². The van der Waals surface area contributed by atoms with Crippen LogP contribution in [0, 0.1) is 0 Å². The van der Waals surface area contributed by atoms with Gasteiger partial charge >= 0.3 is 0 Å². The third kappa shape index (κ3) is 5.20. The smallest absolute Gasteiger partial charge is 0.127 e. The molecule has 0 aliphatic carbocycles. The van der Waals surface area contributed by atoms with Gasteiger partial charge in [-0.1, -0.05) is 36.4 Å². The molecule has 130 valence electrons. The Balaban J connectivity index is 1.27. The average Bonchev–Trinajstić information content (AvgIpc) is 2.65. The number of rotatable bonds is 9. The number of nitrogens with one attached hydrogen (secondary N) is 1. The Morgan fingerprint density at radius 2 is 1.79 bits per heavy atom. The Morgan fingerprint density at radius 1 is 0.958 bits per heavy atom. The van der Waals surface area contributed by atoms with Crippen molar-refractivity contribution in [1.82, 2.24) is 0 Å². The van der Waals surface area contributed by atoms with Crippen LogP contribution in [-0.4, -0.2) is 52.5 Å². The van der Waals surface area contributed by atoms with Crippen LogP contribution < -0.4 is 15.0 Å². The number of nitrogens with two attached hydrogens (primary N) is 1. The lowest BCUT2D eigenvalue weighted by atomic mass is 10.1. The molecule has 4 heteroatoms. The van der Waals surface area contributed by atoms with E-state index in [1.54, 1.807) is 4.90 Å². The van der Waals surface area contributed by atoms with Gasteiger partial charge in [0.15, 0.2) is 0 Å². The van der Waals surface area contributed by atoms with E-state index in [-0.39, 0.29) is 0 Å². The Kier molecular flexibility index (Phi) is 6.90. The van der Waals surface area contributed by atoms with Gasteiger partial charge in [0.2, 0.25) is 0 Å². The molecule has 24 heavy (non-hydrogen) atoms. The second kappa shape index (κ2) is 9.62. The lowest BCUT2D eigenvalue weighted by Crippen LogP contribution is -3.16. The van der Waals surface area contributed by atoms with Crippen LogP contribution in [0.3, 0.4) is 0 Å². The fourth-order valence-electron chi connectivity index (χ4n) is 3.26. The maximum atomic E-state index is 5.99. The normalized spacial score (nSPS) is 15.7. The molecule has 0 spiro atoms. The van der Waals surface area contributed by atoms with Crippen molar-refractivity contribution in [2.24, 2.45) is 0 Å². The van der Waals surface area contributed by atoms with Gasteiger partial charge in [-0.05, 0) is 24.3 Å². The number of unbranched alkanes of at least 4 members (excludes halogenated alkanes) is 1. The molecule has 1 fully saturated rings. The highest BCUT2D eigenvalue weighted by molar-refractivity contribution is 5.88. The maximum Gasteiger partial charge on any atom is 0.127 e. The first-order valence-electron chi connectivity index (χ1n) is 9.27. The van der Waals surface area contributed by atoms with E-state index in [0.29, 0.717) is 0 Å². The summed E-state index contributed by atoms with van der Waals surface area (Å²) in [6.45, 7) is 8.69. The third-order valence-electron chi connectivity index (χ3n) is 4.71. The van der Waals surface area contributed by atoms with Gasteiger partial charge in [0, 0.05) is 5.39 Å². The predicted octanol–water partition coefficient (Wildman–Crippen LogP) is 0.477. The Hall–Kier alpha value is -1.62. The SMILES string of the molecule is c1ccc2c(OCCCC[NH2+]CC[NH+]3CCOCC3)cccc2c1. The van der Waals surface area contributed by atoms with Crippen molar-refractivity contribution >= 4 is 10.8 Å². The van der Waals surface area contributed by atoms with Crippen molar-refractivity contribution in [3.63, 3.8) is 0 Å². The van der Waals surface area contributed by atoms with E-state index in [2.05, 4.69) is 47.8 Å². The van der Waals surface area contributed by atoms with Gasteiger partial charge in [0.05, 0.1) is 26.4 Å². The van der Waals surface area contributed by atoms with Crippen LogP contribution in [0.1, 0.15) is 12.8 Å². The maximum absolute atomic E-state index is 5.99. The fraction of sp³-hybridized carbons (Fsp3) is 0.500. The van der Waals surface area contributed by atoms with Gasteiger partial charge in [0.1, 0.15) is 31.9 Å². The van der Waals surface area contributed by atoms with Crippen LogP contribution in [0.5, 0.6) is 5.75 Å². The molecule has 1 heterocycles. The number of ether oxygens (including phenoxy) is 2. The van der Waals surface area contributed by atoms with Crippen LogP contribution in [0.2, 0.25) is 0 Å². The molecule has 4 nitrogen and oxygen atoms in total. The zero-order valence-electron chi connectivity index (χ0n) is 14.5. The van der Waals surface area contributed by atoms with E-state index in [0.717, 1.165) is 32.0 Å².